The Kier molecular flexibility index (Phi) is 6.13. The third kappa shape index (κ3) is 4.42. The lowest BCUT2D eigenvalue weighted by molar-refractivity contribution is -0.146. The van der Waals surface area contributed by atoms with Crippen molar-refractivity contribution in [1.29, 1.82) is 0 Å². The van der Waals surface area contributed by atoms with E-state index >= 15 is 0 Å². The molecule has 2 aromatic rings. The lowest BCUT2D eigenvalue weighted by Crippen LogP contribution is -2.53. The fourth-order valence-corrected chi connectivity index (χ4v) is 4.02. The van der Waals surface area contributed by atoms with Gasteiger partial charge in [0.1, 0.15) is 5.60 Å². The third-order valence-electron chi connectivity index (χ3n) is 4.60. The van der Waals surface area contributed by atoms with Crippen LogP contribution in [-0.4, -0.2) is 31.7 Å². The van der Waals surface area contributed by atoms with Crippen LogP contribution in [0.3, 0.4) is 0 Å². The Morgan fingerprint density at radius 2 is 1.80 bits per heavy atom. The van der Waals surface area contributed by atoms with E-state index in [0.29, 0.717) is 19.4 Å². The molecule has 4 nitrogen and oxygen atoms in total. The van der Waals surface area contributed by atoms with Crippen molar-refractivity contribution < 1.29 is 9.53 Å². The summed E-state index contributed by atoms with van der Waals surface area (Å²) in [7, 11) is 1.63. The molecule has 1 aliphatic heterocycles. The minimum atomic E-state index is -0.702. The number of benzene rings is 2. The smallest absolute Gasteiger partial charge is 0.252 e. The SMILES string of the molecule is COC1(C(=O)NCc2ccccc2Sc2ccccc2)CCNCC1. The van der Waals surface area contributed by atoms with Crippen LogP contribution in [0.25, 0.3) is 0 Å². The third-order valence-corrected chi connectivity index (χ3v) is 5.72. The van der Waals surface area contributed by atoms with Gasteiger partial charge in [-0.3, -0.25) is 4.79 Å². The summed E-state index contributed by atoms with van der Waals surface area (Å²) in [6.45, 7) is 2.12. The standard InChI is InChI=1S/C20H24N2O2S/c1-24-20(11-13-21-14-12-20)19(23)22-15-16-7-5-6-10-18(16)25-17-8-3-2-4-9-17/h2-10,21H,11-15H2,1H3,(H,22,23). The average Bonchev–Trinajstić information content (AvgIpc) is 2.68. The average molecular weight is 356 g/mol. The normalized spacial score (nSPS) is 16.4. The van der Waals surface area contributed by atoms with Gasteiger partial charge in [0.15, 0.2) is 0 Å². The zero-order chi connectivity index (χ0) is 17.5. The molecular formula is C20H24N2O2S. The number of hydrogen-bond donors (Lipinski definition) is 2. The summed E-state index contributed by atoms with van der Waals surface area (Å²) in [4.78, 5) is 15.1. The Morgan fingerprint density at radius 1 is 1.12 bits per heavy atom. The van der Waals surface area contributed by atoms with Crippen LogP contribution in [0, 0.1) is 0 Å². The van der Waals surface area contributed by atoms with Gasteiger partial charge in [-0.1, -0.05) is 48.2 Å². The Hall–Kier alpha value is -1.82. The van der Waals surface area contributed by atoms with E-state index in [4.69, 9.17) is 4.74 Å². The van der Waals surface area contributed by atoms with Crippen LogP contribution in [-0.2, 0) is 16.1 Å². The molecule has 1 aliphatic rings. The van der Waals surface area contributed by atoms with E-state index < -0.39 is 5.60 Å². The summed E-state index contributed by atoms with van der Waals surface area (Å²) < 4.78 is 5.60. The van der Waals surface area contributed by atoms with Crippen molar-refractivity contribution in [3.8, 4) is 0 Å². The number of hydrogen-bond acceptors (Lipinski definition) is 4. The monoisotopic (exact) mass is 356 g/mol. The van der Waals surface area contributed by atoms with E-state index in [9.17, 15) is 4.79 Å². The maximum absolute atomic E-state index is 12.7. The van der Waals surface area contributed by atoms with Gasteiger partial charge in [0, 0.05) is 23.4 Å². The fraction of sp³-hybridized carbons (Fsp3) is 0.350. The largest absolute Gasteiger partial charge is 0.368 e. The fourth-order valence-electron chi connectivity index (χ4n) is 3.06. The van der Waals surface area contributed by atoms with Crippen LogP contribution >= 0.6 is 11.8 Å². The zero-order valence-electron chi connectivity index (χ0n) is 14.5. The molecule has 0 atom stereocenters. The van der Waals surface area contributed by atoms with E-state index in [1.165, 1.54) is 4.90 Å². The van der Waals surface area contributed by atoms with Gasteiger partial charge in [-0.05, 0) is 49.7 Å². The summed E-state index contributed by atoms with van der Waals surface area (Å²) in [6.07, 6.45) is 1.41. The summed E-state index contributed by atoms with van der Waals surface area (Å²) in [5.74, 6) is -0.0176. The molecule has 0 unspecified atom stereocenters. The van der Waals surface area contributed by atoms with Crippen molar-refractivity contribution in [3.05, 3.63) is 60.2 Å². The second-order valence-electron chi connectivity index (χ2n) is 6.15. The summed E-state index contributed by atoms with van der Waals surface area (Å²) in [5.41, 5.74) is 0.414. The van der Waals surface area contributed by atoms with Crippen molar-refractivity contribution >= 4 is 17.7 Å². The van der Waals surface area contributed by atoms with Crippen LogP contribution < -0.4 is 10.6 Å². The molecule has 132 valence electrons. The molecule has 3 rings (SSSR count). The van der Waals surface area contributed by atoms with Gasteiger partial charge >= 0.3 is 0 Å². The minimum absolute atomic E-state index is 0.0176. The summed E-state index contributed by atoms with van der Waals surface area (Å²) in [6, 6.07) is 18.5. The van der Waals surface area contributed by atoms with Gasteiger partial charge in [-0.15, -0.1) is 0 Å². The Labute approximate surface area is 153 Å². The molecule has 2 N–H and O–H groups in total. The van der Waals surface area contributed by atoms with Gasteiger partial charge < -0.3 is 15.4 Å². The molecule has 0 radical (unpaired) electrons. The highest BCUT2D eigenvalue weighted by molar-refractivity contribution is 7.99. The Morgan fingerprint density at radius 3 is 2.52 bits per heavy atom. The number of piperidine rings is 1. The molecule has 0 saturated carbocycles. The van der Waals surface area contributed by atoms with Gasteiger partial charge in [0.2, 0.25) is 0 Å². The van der Waals surface area contributed by atoms with Crippen molar-refractivity contribution in [2.24, 2.45) is 0 Å². The van der Waals surface area contributed by atoms with E-state index in [0.717, 1.165) is 23.5 Å². The highest BCUT2D eigenvalue weighted by Crippen LogP contribution is 2.30. The van der Waals surface area contributed by atoms with E-state index in [1.54, 1.807) is 18.9 Å². The number of methoxy groups -OCH3 is 1. The molecule has 1 saturated heterocycles. The molecular weight excluding hydrogens is 332 g/mol. The van der Waals surface area contributed by atoms with Crippen molar-refractivity contribution in [2.45, 2.75) is 34.8 Å². The second-order valence-corrected chi connectivity index (χ2v) is 7.27. The maximum Gasteiger partial charge on any atom is 0.252 e. The van der Waals surface area contributed by atoms with Crippen molar-refractivity contribution in [3.63, 3.8) is 0 Å². The molecule has 1 heterocycles. The van der Waals surface area contributed by atoms with Crippen LogP contribution in [0.15, 0.2) is 64.4 Å². The Bertz CT molecular complexity index is 700. The number of nitrogens with one attached hydrogen (secondary N) is 2. The van der Waals surface area contributed by atoms with Crippen molar-refractivity contribution in [1.82, 2.24) is 10.6 Å². The summed E-state index contributed by atoms with van der Waals surface area (Å²) >= 11 is 1.71. The summed E-state index contributed by atoms with van der Waals surface area (Å²) in [5, 5.41) is 6.36. The van der Waals surface area contributed by atoms with Crippen LogP contribution in [0.4, 0.5) is 0 Å². The maximum atomic E-state index is 12.7. The first-order valence-electron chi connectivity index (χ1n) is 8.58. The van der Waals surface area contributed by atoms with Crippen LogP contribution in [0.1, 0.15) is 18.4 Å². The zero-order valence-corrected chi connectivity index (χ0v) is 15.3. The molecule has 25 heavy (non-hydrogen) atoms. The molecule has 0 aliphatic carbocycles. The van der Waals surface area contributed by atoms with Crippen LogP contribution in [0.5, 0.6) is 0 Å². The molecule has 0 spiro atoms. The minimum Gasteiger partial charge on any atom is -0.368 e. The lowest BCUT2D eigenvalue weighted by atomic mass is 9.91. The number of rotatable bonds is 6. The van der Waals surface area contributed by atoms with Gasteiger partial charge in [-0.25, -0.2) is 0 Å². The molecule has 2 aromatic carbocycles. The predicted octanol–water partition coefficient (Wildman–Crippen LogP) is 3.22. The number of carbonyl (C=O) groups excluding carboxylic acids is 1. The van der Waals surface area contributed by atoms with Crippen molar-refractivity contribution in [2.75, 3.05) is 20.2 Å². The van der Waals surface area contributed by atoms with Gasteiger partial charge in [0.05, 0.1) is 0 Å². The molecule has 1 fully saturated rings. The Balaban J connectivity index is 1.68. The molecule has 0 aromatic heterocycles. The number of amides is 1. The molecule has 0 bridgehead atoms. The highest BCUT2D eigenvalue weighted by Gasteiger charge is 2.39. The molecule has 1 amide bonds. The first kappa shape index (κ1) is 18.0. The first-order chi connectivity index (χ1) is 12.2. The molecule has 5 heteroatoms. The van der Waals surface area contributed by atoms with E-state index in [-0.39, 0.29) is 5.91 Å². The predicted molar refractivity (Wildman–Crippen MR) is 101 cm³/mol. The number of carbonyl (C=O) groups is 1. The van der Waals surface area contributed by atoms with Crippen LogP contribution in [0.2, 0.25) is 0 Å². The topological polar surface area (TPSA) is 50.4 Å². The van der Waals surface area contributed by atoms with E-state index in [1.807, 2.05) is 30.3 Å². The van der Waals surface area contributed by atoms with E-state index in [2.05, 4.69) is 34.9 Å². The highest BCUT2D eigenvalue weighted by atomic mass is 32.2. The lowest BCUT2D eigenvalue weighted by Gasteiger charge is -2.34. The quantitative estimate of drug-likeness (QED) is 0.834. The number of ether oxygens (including phenoxy) is 1. The first-order valence-corrected chi connectivity index (χ1v) is 9.40. The van der Waals surface area contributed by atoms with Gasteiger partial charge in [0.25, 0.3) is 5.91 Å². The van der Waals surface area contributed by atoms with Gasteiger partial charge in [-0.2, -0.15) is 0 Å². The second kappa shape index (κ2) is 8.52.